The average molecular weight is 326 g/mol. The van der Waals surface area contributed by atoms with Crippen molar-refractivity contribution in [3.05, 3.63) is 35.5 Å². The van der Waals surface area contributed by atoms with Crippen LogP contribution in [-0.2, 0) is 20.4 Å². The molecule has 20 heavy (non-hydrogen) atoms. The number of halogens is 4. The van der Waals surface area contributed by atoms with E-state index in [4.69, 9.17) is 10.7 Å². The van der Waals surface area contributed by atoms with Crippen molar-refractivity contribution in [2.75, 3.05) is 0 Å². The first-order valence-corrected chi connectivity index (χ1v) is 7.53. The minimum absolute atomic E-state index is 0.229. The lowest BCUT2D eigenvalue weighted by molar-refractivity contribution is -0.183. The highest BCUT2D eigenvalue weighted by molar-refractivity contribution is 8.13. The first-order valence-electron chi connectivity index (χ1n) is 5.22. The summed E-state index contributed by atoms with van der Waals surface area (Å²) in [7, 11) is 1.19. The minimum atomic E-state index is -4.99. The fraction of sp³-hybridized carbons (Fsp3) is 0.182. The molecule has 0 radical (unpaired) electrons. The number of fused-ring (bicyclic) bond motifs is 1. The molecule has 0 aromatic heterocycles. The first-order chi connectivity index (χ1) is 9.09. The fourth-order valence-electron chi connectivity index (χ4n) is 1.74. The highest BCUT2D eigenvalue weighted by atomic mass is 35.7. The zero-order valence-corrected chi connectivity index (χ0v) is 11.3. The molecule has 0 aliphatic carbocycles. The molecule has 0 unspecified atom stereocenters. The van der Waals surface area contributed by atoms with Crippen LogP contribution in [0.4, 0.5) is 13.2 Å². The summed E-state index contributed by atoms with van der Waals surface area (Å²) in [4.78, 5) is 11.4. The second-order valence-corrected chi connectivity index (χ2v) is 6.61. The van der Waals surface area contributed by atoms with E-state index in [-0.39, 0.29) is 17.0 Å². The highest BCUT2D eigenvalue weighted by Crippen LogP contribution is 2.27. The third-order valence-electron chi connectivity index (χ3n) is 2.67. The van der Waals surface area contributed by atoms with Gasteiger partial charge in [-0.25, -0.2) is 8.42 Å². The van der Waals surface area contributed by atoms with E-state index in [1.165, 1.54) is 18.2 Å². The van der Waals surface area contributed by atoms with Crippen LogP contribution in [0, 0.1) is 0 Å². The predicted octanol–water partition coefficient (Wildman–Crippen LogP) is 2.49. The van der Waals surface area contributed by atoms with Gasteiger partial charge >= 0.3 is 12.1 Å². The Labute approximate surface area is 116 Å². The third-order valence-corrected chi connectivity index (χ3v) is 4.03. The molecule has 108 valence electrons. The van der Waals surface area contributed by atoms with Gasteiger partial charge in [0.05, 0.1) is 11.4 Å². The lowest BCUT2D eigenvalue weighted by Gasteiger charge is -2.24. The van der Waals surface area contributed by atoms with Crippen LogP contribution >= 0.6 is 10.7 Å². The van der Waals surface area contributed by atoms with Crippen molar-refractivity contribution in [1.82, 2.24) is 4.90 Å². The van der Waals surface area contributed by atoms with Crippen molar-refractivity contribution in [2.24, 2.45) is 0 Å². The molecule has 0 N–H and O–H groups in total. The van der Waals surface area contributed by atoms with Crippen LogP contribution in [0.25, 0.3) is 6.08 Å². The van der Waals surface area contributed by atoms with Crippen molar-refractivity contribution >= 4 is 31.7 Å². The van der Waals surface area contributed by atoms with Crippen LogP contribution < -0.4 is 0 Å². The smallest absolute Gasteiger partial charge is 0.307 e. The van der Waals surface area contributed by atoms with Crippen molar-refractivity contribution in [3.8, 4) is 0 Å². The summed E-state index contributed by atoms with van der Waals surface area (Å²) in [5.74, 6) is -2.02. The van der Waals surface area contributed by atoms with Crippen molar-refractivity contribution in [3.63, 3.8) is 0 Å². The Morgan fingerprint density at radius 1 is 1.30 bits per heavy atom. The number of alkyl halides is 3. The number of nitrogens with zero attached hydrogens (tertiary/aromatic N) is 1. The second-order valence-electron chi connectivity index (χ2n) is 4.05. The van der Waals surface area contributed by atoms with Gasteiger partial charge in [0, 0.05) is 16.9 Å². The lowest BCUT2D eigenvalue weighted by atomic mass is 10.0. The van der Waals surface area contributed by atoms with Crippen molar-refractivity contribution < 1.29 is 26.4 Å². The van der Waals surface area contributed by atoms with Crippen LogP contribution in [0.3, 0.4) is 0 Å². The molecule has 1 aromatic rings. The van der Waals surface area contributed by atoms with E-state index >= 15 is 0 Å². The average Bonchev–Trinajstić information content (AvgIpc) is 2.34. The maximum absolute atomic E-state index is 12.3. The molecule has 0 fully saturated rings. The number of carbonyl (C=O) groups is 1. The predicted molar refractivity (Wildman–Crippen MR) is 65.1 cm³/mol. The standard InChI is InChI=1S/C11H7ClF3NO3S/c12-20(18,19)9-2-1-7-3-4-16(6-8(7)5-9)10(17)11(13,14)15/h1-5H,6H2. The summed E-state index contributed by atoms with van der Waals surface area (Å²) in [6.07, 6.45) is -2.68. The third kappa shape index (κ3) is 2.96. The molecule has 0 spiro atoms. The summed E-state index contributed by atoms with van der Waals surface area (Å²) < 4.78 is 59.4. The van der Waals surface area contributed by atoms with E-state index in [2.05, 4.69) is 0 Å². The minimum Gasteiger partial charge on any atom is -0.307 e. The number of hydrogen-bond donors (Lipinski definition) is 0. The van der Waals surface area contributed by atoms with Crippen LogP contribution in [0.15, 0.2) is 29.3 Å². The normalized spacial score (nSPS) is 15.1. The molecule has 2 rings (SSSR count). The Balaban J connectivity index is 2.36. The van der Waals surface area contributed by atoms with Gasteiger partial charge in [0.25, 0.3) is 9.05 Å². The Kier molecular flexibility index (Phi) is 3.55. The molecule has 1 aliphatic heterocycles. The Morgan fingerprint density at radius 3 is 2.50 bits per heavy atom. The van der Waals surface area contributed by atoms with Gasteiger partial charge in [0.1, 0.15) is 0 Å². The molecule has 0 atom stereocenters. The quantitative estimate of drug-likeness (QED) is 0.745. The largest absolute Gasteiger partial charge is 0.471 e. The summed E-state index contributed by atoms with van der Waals surface area (Å²) in [6, 6.07) is 3.81. The van der Waals surface area contributed by atoms with E-state index < -0.39 is 21.1 Å². The van der Waals surface area contributed by atoms with E-state index in [1.54, 1.807) is 0 Å². The van der Waals surface area contributed by atoms with Gasteiger partial charge in [0.2, 0.25) is 0 Å². The summed E-state index contributed by atoms with van der Waals surface area (Å²) in [5.41, 5.74) is 0.798. The van der Waals surface area contributed by atoms with Gasteiger partial charge in [-0.05, 0) is 29.3 Å². The lowest BCUT2D eigenvalue weighted by Crippen LogP contribution is -2.38. The summed E-state index contributed by atoms with van der Waals surface area (Å²) in [5, 5.41) is 0. The summed E-state index contributed by atoms with van der Waals surface area (Å²) in [6.45, 7) is -0.371. The second kappa shape index (κ2) is 4.78. The molecule has 0 saturated carbocycles. The van der Waals surface area contributed by atoms with E-state index in [9.17, 15) is 26.4 Å². The topological polar surface area (TPSA) is 54.5 Å². The van der Waals surface area contributed by atoms with Crippen LogP contribution in [0.5, 0.6) is 0 Å². The van der Waals surface area contributed by atoms with Crippen LogP contribution in [0.2, 0.25) is 0 Å². The van der Waals surface area contributed by atoms with Gasteiger partial charge in [-0.1, -0.05) is 6.07 Å². The van der Waals surface area contributed by atoms with Crippen molar-refractivity contribution in [2.45, 2.75) is 17.6 Å². The Bertz CT molecular complexity index is 697. The molecule has 1 amide bonds. The summed E-state index contributed by atoms with van der Waals surface area (Å²) >= 11 is 0. The first kappa shape index (κ1) is 14.9. The Morgan fingerprint density at radius 2 is 1.95 bits per heavy atom. The monoisotopic (exact) mass is 325 g/mol. The van der Waals surface area contributed by atoms with E-state index in [0.717, 1.165) is 12.3 Å². The van der Waals surface area contributed by atoms with Gasteiger partial charge in [-0.2, -0.15) is 13.2 Å². The van der Waals surface area contributed by atoms with Gasteiger partial charge in [-0.15, -0.1) is 0 Å². The molecular formula is C11H7ClF3NO3S. The molecule has 1 aliphatic rings. The van der Waals surface area contributed by atoms with Crippen molar-refractivity contribution in [1.29, 1.82) is 0 Å². The number of carbonyl (C=O) groups excluding carboxylic acids is 1. The van der Waals surface area contributed by atoms with E-state index in [1.807, 2.05) is 0 Å². The van der Waals surface area contributed by atoms with Crippen LogP contribution in [0.1, 0.15) is 11.1 Å². The molecule has 0 bridgehead atoms. The number of amides is 1. The van der Waals surface area contributed by atoms with Crippen LogP contribution in [-0.4, -0.2) is 25.4 Å². The molecule has 4 nitrogen and oxygen atoms in total. The highest BCUT2D eigenvalue weighted by Gasteiger charge is 2.42. The number of benzene rings is 1. The number of hydrogen-bond acceptors (Lipinski definition) is 3. The van der Waals surface area contributed by atoms with Gasteiger partial charge in [0.15, 0.2) is 0 Å². The zero-order chi connectivity index (χ0) is 15.1. The molecule has 1 heterocycles. The maximum Gasteiger partial charge on any atom is 0.471 e. The fourth-order valence-corrected chi connectivity index (χ4v) is 2.54. The molecule has 0 saturated heterocycles. The Hall–Kier alpha value is -1.54. The SMILES string of the molecule is O=C(N1C=Cc2ccc(S(=O)(=O)Cl)cc2C1)C(F)(F)F. The zero-order valence-electron chi connectivity index (χ0n) is 9.69. The van der Waals surface area contributed by atoms with E-state index in [0.29, 0.717) is 10.5 Å². The molecular weight excluding hydrogens is 319 g/mol. The maximum atomic E-state index is 12.3. The molecule has 1 aromatic carbocycles. The number of rotatable bonds is 1. The van der Waals surface area contributed by atoms with Gasteiger partial charge in [-0.3, -0.25) is 4.79 Å². The van der Waals surface area contributed by atoms with Gasteiger partial charge < -0.3 is 4.90 Å². The molecule has 9 heteroatoms.